The number of para-hydroxylation sites is 1. The Morgan fingerprint density at radius 2 is 1.75 bits per heavy atom. The van der Waals surface area contributed by atoms with E-state index in [1.807, 2.05) is 49.4 Å². The molecule has 0 atom stereocenters. The first-order valence-corrected chi connectivity index (χ1v) is 11.5. The molecule has 0 aliphatic carbocycles. The van der Waals surface area contributed by atoms with Gasteiger partial charge in [-0.3, -0.25) is 9.10 Å². The minimum absolute atomic E-state index is 0.0719. The highest BCUT2D eigenvalue weighted by Gasteiger charge is 2.18. The van der Waals surface area contributed by atoms with Crippen LogP contribution in [-0.4, -0.2) is 33.7 Å². The molecule has 5 nitrogen and oxygen atoms in total. The van der Waals surface area contributed by atoms with E-state index in [-0.39, 0.29) is 18.9 Å². The van der Waals surface area contributed by atoms with Crippen molar-refractivity contribution in [1.82, 2.24) is 5.32 Å². The zero-order valence-corrected chi connectivity index (χ0v) is 17.9. The van der Waals surface area contributed by atoms with Gasteiger partial charge in [-0.2, -0.15) is 0 Å². The van der Waals surface area contributed by atoms with Crippen molar-refractivity contribution in [3.8, 4) is 0 Å². The molecule has 1 amide bonds. The van der Waals surface area contributed by atoms with Gasteiger partial charge in [-0.05, 0) is 49.4 Å². The average Bonchev–Trinajstić information content (AvgIpc) is 2.64. The molecule has 152 valence electrons. The second kappa shape index (κ2) is 10.5. The van der Waals surface area contributed by atoms with E-state index in [4.69, 9.17) is 11.6 Å². The van der Waals surface area contributed by atoms with Gasteiger partial charge >= 0.3 is 0 Å². The largest absolute Gasteiger partial charge is 0.356 e. The number of aryl methyl sites for hydroxylation is 2. The normalized spacial score (nSPS) is 11.2. The molecule has 0 aliphatic heterocycles. The molecular weight excluding hydrogens is 396 g/mol. The first kappa shape index (κ1) is 22.2. The van der Waals surface area contributed by atoms with Crippen molar-refractivity contribution in [2.24, 2.45) is 0 Å². The first-order chi connectivity index (χ1) is 13.3. The number of amides is 1. The fourth-order valence-corrected chi connectivity index (χ4v) is 4.24. The quantitative estimate of drug-likeness (QED) is 0.589. The van der Waals surface area contributed by atoms with Gasteiger partial charge in [0.15, 0.2) is 0 Å². The standard InChI is InChI=1S/C21H27ClN2O3S/c1-17-9-3-6-13-20(17)24(28(2,26)27)16-8-14-21(25)23-15-7-11-18-10-4-5-12-19(18)22/h3-6,9-10,12-13H,7-8,11,14-16H2,1-2H3,(H,23,25). The number of hydrogen-bond acceptors (Lipinski definition) is 3. The van der Waals surface area contributed by atoms with Gasteiger partial charge in [-0.25, -0.2) is 8.42 Å². The molecule has 0 fully saturated rings. The summed E-state index contributed by atoms with van der Waals surface area (Å²) < 4.78 is 25.7. The smallest absolute Gasteiger partial charge is 0.232 e. The van der Waals surface area contributed by atoms with E-state index in [1.54, 1.807) is 6.07 Å². The summed E-state index contributed by atoms with van der Waals surface area (Å²) in [5.74, 6) is -0.0719. The van der Waals surface area contributed by atoms with Gasteiger partial charge in [0.05, 0.1) is 11.9 Å². The molecule has 2 aromatic carbocycles. The van der Waals surface area contributed by atoms with Crippen LogP contribution in [0.3, 0.4) is 0 Å². The summed E-state index contributed by atoms with van der Waals surface area (Å²) >= 11 is 6.12. The van der Waals surface area contributed by atoms with Crippen LogP contribution in [0.5, 0.6) is 0 Å². The van der Waals surface area contributed by atoms with Crippen LogP contribution >= 0.6 is 11.6 Å². The lowest BCUT2D eigenvalue weighted by Gasteiger charge is -2.24. The van der Waals surface area contributed by atoms with Crippen molar-refractivity contribution < 1.29 is 13.2 Å². The number of carbonyl (C=O) groups excluding carboxylic acids is 1. The van der Waals surface area contributed by atoms with Crippen LogP contribution in [0.1, 0.15) is 30.4 Å². The predicted molar refractivity (Wildman–Crippen MR) is 115 cm³/mol. The summed E-state index contributed by atoms with van der Waals surface area (Å²) in [6.45, 7) is 2.72. The molecule has 7 heteroatoms. The Morgan fingerprint density at radius 1 is 1.07 bits per heavy atom. The van der Waals surface area contributed by atoms with Crippen molar-refractivity contribution in [3.05, 3.63) is 64.7 Å². The summed E-state index contributed by atoms with van der Waals surface area (Å²) in [6.07, 6.45) is 3.53. The van der Waals surface area contributed by atoms with Crippen molar-refractivity contribution >= 4 is 33.2 Å². The highest BCUT2D eigenvalue weighted by Crippen LogP contribution is 2.22. The van der Waals surface area contributed by atoms with Crippen molar-refractivity contribution in [3.63, 3.8) is 0 Å². The van der Waals surface area contributed by atoms with Gasteiger partial charge in [0.1, 0.15) is 0 Å². The van der Waals surface area contributed by atoms with Gasteiger partial charge in [0, 0.05) is 24.5 Å². The monoisotopic (exact) mass is 422 g/mol. The van der Waals surface area contributed by atoms with E-state index in [9.17, 15) is 13.2 Å². The third kappa shape index (κ3) is 6.84. The van der Waals surface area contributed by atoms with Gasteiger partial charge < -0.3 is 5.32 Å². The lowest BCUT2D eigenvalue weighted by atomic mass is 10.1. The van der Waals surface area contributed by atoms with Crippen molar-refractivity contribution in [2.75, 3.05) is 23.7 Å². The van der Waals surface area contributed by atoms with Crippen LogP contribution in [0.4, 0.5) is 5.69 Å². The molecule has 0 bridgehead atoms. The van der Waals surface area contributed by atoms with Crippen LogP contribution < -0.4 is 9.62 Å². The summed E-state index contributed by atoms with van der Waals surface area (Å²) in [7, 11) is -3.40. The fourth-order valence-electron chi connectivity index (χ4n) is 2.99. The van der Waals surface area contributed by atoms with E-state index >= 15 is 0 Å². The number of sulfonamides is 1. The number of hydrogen-bond donors (Lipinski definition) is 1. The lowest BCUT2D eigenvalue weighted by Crippen LogP contribution is -2.32. The van der Waals surface area contributed by atoms with E-state index in [2.05, 4.69) is 5.32 Å². The highest BCUT2D eigenvalue weighted by atomic mass is 35.5. The Hall–Kier alpha value is -2.05. The van der Waals surface area contributed by atoms with Crippen LogP contribution in [0.2, 0.25) is 5.02 Å². The minimum atomic E-state index is -3.40. The molecule has 28 heavy (non-hydrogen) atoms. The SMILES string of the molecule is Cc1ccccc1N(CCCC(=O)NCCCc1ccccc1Cl)S(C)(=O)=O. The van der Waals surface area contributed by atoms with Gasteiger partial charge in [-0.15, -0.1) is 0 Å². The number of nitrogens with zero attached hydrogens (tertiary/aromatic N) is 1. The summed E-state index contributed by atoms with van der Waals surface area (Å²) in [5.41, 5.74) is 2.61. The predicted octanol–water partition coefficient (Wildman–Crippen LogP) is 3.94. The minimum Gasteiger partial charge on any atom is -0.356 e. The number of benzene rings is 2. The summed E-state index contributed by atoms with van der Waals surface area (Å²) in [4.78, 5) is 12.1. The maximum absolute atomic E-state index is 12.1. The van der Waals surface area contributed by atoms with Gasteiger partial charge in [0.2, 0.25) is 15.9 Å². The van der Waals surface area contributed by atoms with Gasteiger partial charge in [-0.1, -0.05) is 48.0 Å². The molecule has 2 aromatic rings. The van der Waals surface area contributed by atoms with E-state index < -0.39 is 10.0 Å². The third-order valence-electron chi connectivity index (χ3n) is 4.45. The maximum atomic E-state index is 12.1. The number of halogens is 1. The zero-order chi connectivity index (χ0) is 20.6. The van der Waals surface area contributed by atoms with Crippen LogP contribution in [0, 0.1) is 6.92 Å². The molecule has 0 aliphatic rings. The Morgan fingerprint density at radius 3 is 2.43 bits per heavy atom. The second-order valence-electron chi connectivity index (χ2n) is 6.77. The topological polar surface area (TPSA) is 66.5 Å². The molecule has 0 radical (unpaired) electrons. The third-order valence-corrected chi connectivity index (χ3v) is 6.00. The molecule has 0 spiro atoms. The van der Waals surface area contributed by atoms with Crippen LogP contribution in [0.15, 0.2) is 48.5 Å². The molecule has 1 N–H and O–H groups in total. The number of anilines is 1. The molecule has 0 saturated carbocycles. The van der Waals surface area contributed by atoms with Crippen molar-refractivity contribution in [2.45, 2.75) is 32.6 Å². The number of carbonyl (C=O) groups is 1. The molecular formula is C21H27ClN2O3S. The molecule has 0 saturated heterocycles. The Bertz CT molecular complexity index is 900. The van der Waals surface area contributed by atoms with E-state index in [0.717, 1.165) is 29.0 Å². The summed E-state index contributed by atoms with van der Waals surface area (Å²) in [6, 6.07) is 15.0. The lowest BCUT2D eigenvalue weighted by molar-refractivity contribution is -0.121. The molecule has 2 rings (SSSR count). The van der Waals surface area contributed by atoms with Crippen LogP contribution in [-0.2, 0) is 21.2 Å². The second-order valence-corrected chi connectivity index (χ2v) is 9.08. The maximum Gasteiger partial charge on any atom is 0.232 e. The van der Waals surface area contributed by atoms with E-state index in [1.165, 1.54) is 10.6 Å². The highest BCUT2D eigenvalue weighted by molar-refractivity contribution is 7.92. The van der Waals surface area contributed by atoms with E-state index in [0.29, 0.717) is 18.7 Å². The zero-order valence-electron chi connectivity index (χ0n) is 16.3. The van der Waals surface area contributed by atoms with Gasteiger partial charge in [0.25, 0.3) is 0 Å². The molecule has 0 unspecified atom stereocenters. The number of nitrogens with one attached hydrogen (secondary N) is 1. The van der Waals surface area contributed by atoms with Crippen LogP contribution in [0.25, 0.3) is 0 Å². The average molecular weight is 423 g/mol. The summed E-state index contributed by atoms with van der Waals surface area (Å²) in [5, 5.41) is 3.63. The fraction of sp³-hybridized carbons (Fsp3) is 0.381. The molecule has 0 heterocycles. The Kier molecular flexibility index (Phi) is 8.33. The van der Waals surface area contributed by atoms with Crippen molar-refractivity contribution in [1.29, 1.82) is 0 Å². The Balaban J connectivity index is 1.77. The number of rotatable bonds is 10. The Labute approximate surface area is 172 Å². The molecule has 0 aromatic heterocycles. The first-order valence-electron chi connectivity index (χ1n) is 9.32.